The van der Waals surface area contributed by atoms with Crippen LogP contribution in [0.5, 0.6) is 0 Å². The van der Waals surface area contributed by atoms with Gasteiger partial charge in [0.05, 0.1) is 17.2 Å². The normalized spacial score (nSPS) is 19.4. The summed E-state index contributed by atoms with van der Waals surface area (Å²) in [7, 11) is 1.26. The maximum absolute atomic E-state index is 13.0. The van der Waals surface area contributed by atoms with Gasteiger partial charge in [0, 0.05) is 16.9 Å². The van der Waals surface area contributed by atoms with E-state index in [1.165, 1.54) is 40.7 Å². The molecule has 2 atom stereocenters. The molecular formula is C20H23N9O5S3. The number of anilines is 2. The molecule has 2 aliphatic rings. The van der Waals surface area contributed by atoms with E-state index in [0.29, 0.717) is 23.0 Å². The minimum Gasteiger partial charge on any atom is -0.543 e. The fourth-order valence-corrected chi connectivity index (χ4v) is 6.67. The Morgan fingerprint density at radius 1 is 1.41 bits per heavy atom. The lowest BCUT2D eigenvalue weighted by Gasteiger charge is -2.50. The van der Waals surface area contributed by atoms with Gasteiger partial charge in [-0.05, 0) is 28.7 Å². The number of fused-ring (bicyclic) bond motifs is 1. The van der Waals surface area contributed by atoms with Crippen molar-refractivity contribution in [2.75, 3.05) is 35.9 Å². The fourth-order valence-electron chi connectivity index (χ4n) is 3.74. The number of nitrogens with one attached hydrogen (secondary N) is 1. The number of rotatable bonds is 9. The van der Waals surface area contributed by atoms with E-state index >= 15 is 0 Å². The highest BCUT2D eigenvalue weighted by Crippen LogP contribution is 2.41. The van der Waals surface area contributed by atoms with Crippen molar-refractivity contribution >= 4 is 69.3 Å². The molecule has 1 unspecified atom stereocenters. The number of carbonyl (C=O) groups excluding carboxylic acids is 3. The van der Waals surface area contributed by atoms with E-state index in [1.54, 1.807) is 6.20 Å². The van der Waals surface area contributed by atoms with Crippen LogP contribution in [0, 0.1) is 0 Å². The topological polar surface area (TPSA) is 219 Å². The van der Waals surface area contributed by atoms with Gasteiger partial charge in [0.15, 0.2) is 10.8 Å². The second-order valence-electron chi connectivity index (χ2n) is 7.78. The first-order valence-electron chi connectivity index (χ1n) is 10.8. The lowest BCUT2D eigenvalue weighted by atomic mass is 10.0. The average Bonchev–Trinajstić information content (AvgIpc) is 3.30. The number of carboxylic acids is 1. The molecule has 0 radical (unpaired) electrons. The van der Waals surface area contributed by atoms with E-state index < -0.39 is 29.2 Å². The Labute approximate surface area is 223 Å². The number of hydrogen-bond acceptors (Lipinski definition) is 14. The molecule has 0 aliphatic carbocycles. The van der Waals surface area contributed by atoms with Crippen molar-refractivity contribution in [3.8, 4) is 0 Å². The van der Waals surface area contributed by atoms with Gasteiger partial charge in [0.1, 0.15) is 30.4 Å². The molecule has 4 heterocycles. The Balaban J connectivity index is 1.50. The Hall–Kier alpha value is -3.57. The first kappa shape index (κ1) is 26.5. The third-order valence-corrected chi connectivity index (χ3v) is 8.57. The zero-order valence-electron chi connectivity index (χ0n) is 19.7. The van der Waals surface area contributed by atoms with Crippen LogP contribution >= 0.6 is 34.9 Å². The smallest absolute Gasteiger partial charge is 0.384 e. The van der Waals surface area contributed by atoms with Gasteiger partial charge in [-0.3, -0.25) is 20.3 Å². The lowest BCUT2D eigenvalue weighted by molar-refractivity contribution is -0.682. The number of amides is 2. The molecule has 2 amide bonds. The molecule has 4 rings (SSSR count). The molecular weight excluding hydrogens is 542 g/mol. The lowest BCUT2D eigenvalue weighted by Crippen LogP contribution is -2.71. The number of thiazole rings is 1. The Kier molecular flexibility index (Phi) is 7.74. The molecule has 2 aromatic heterocycles. The number of carbonyl (C=O) groups is 3. The van der Waals surface area contributed by atoms with Gasteiger partial charge < -0.3 is 31.5 Å². The van der Waals surface area contributed by atoms with Crippen LogP contribution in [-0.4, -0.2) is 68.4 Å². The molecule has 0 aromatic carbocycles. The molecule has 2 aliphatic heterocycles. The number of hydrogen-bond donors (Lipinski definition) is 4. The minimum absolute atomic E-state index is 0.161. The summed E-state index contributed by atoms with van der Waals surface area (Å²) in [5.41, 5.74) is 12.6. The standard InChI is InChI=1S/C20H23N9O5S3/c1-3-8-4-28(23)20(26-14(8)21)37-6-9-5-35-17-12(16(31)29(17)13(9)18(32)33)25-15(30)11(27-34-2)10-7-36-19(22)24-10/h4,7,12,17,21H,3,5-6,23H2,1-2H3,(H4,22,24,25,30,32,33)/b27-11-/t12?,17-/m1/s1. The number of nitrogens with zero attached hydrogens (tertiary/aromatic N) is 5. The predicted octanol–water partition coefficient (Wildman–Crippen LogP) is -2.19. The highest BCUT2D eigenvalue weighted by molar-refractivity contribution is 8.01. The molecule has 7 N–H and O–H groups in total. The van der Waals surface area contributed by atoms with Gasteiger partial charge in [-0.1, -0.05) is 12.1 Å². The number of nitrogens with two attached hydrogens (primary N) is 3. The van der Waals surface area contributed by atoms with E-state index in [0.717, 1.165) is 21.8 Å². The number of oxime groups is 1. The number of aryl methyl sites for hydroxylation is 1. The molecule has 1 fully saturated rings. The summed E-state index contributed by atoms with van der Waals surface area (Å²) in [6.45, 7) is 1.92. The van der Waals surface area contributed by atoms with Gasteiger partial charge in [-0.15, -0.1) is 27.8 Å². The second kappa shape index (κ2) is 10.8. The molecule has 0 saturated carbocycles. The molecule has 196 valence electrons. The van der Waals surface area contributed by atoms with Gasteiger partial charge in [0.25, 0.3) is 11.8 Å². The summed E-state index contributed by atoms with van der Waals surface area (Å²) in [4.78, 5) is 52.0. The van der Waals surface area contributed by atoms with Crippen LogP contribution < -0.4 is 32.4 Å². The fraction of sp³-hybridized carbons (Fsp3) is 0.350. The minimum atomic E-state index is -1.49. The average molecular weight is 566 g/mol. The van der Waals surface area contributed by atoms with Crippen molar-refractivity contribution < 1.29 is 29.0 Å². The van der Waals surface area contributed by atoms with Crippen LogP contribution in [0.4, 0.5) is 10.9 Å². The molecule has 0 spiro atoms. The van der Waals surface area contributed by atoms with Crippen molar-refractivity contribution in [2.45, 2.75) is 29.9 Å². The second-order valence-corrected chi connectivity index (χ2v) is 10.7. The van der Waals surface area contributed by atoms with Crippen LogP contribution in [0.3, 0.4) is 0 Å². The summed E-state index contributed by atoms with van der Waals surface area (Å²) >= 11 is 3.61. The van der Waals surface area contributed by atoms with Gasteiger partial charge in [-0.25, -0.2) is 4.98 Å². The number of β-lactam (4-membered cyclic amide) rings is 1. The summed E-state index contributed by atoms with van der Waals surface area (Å²) in [6, 6.07) is -0.978. The largest absolute Gasteiger partial charge is 0.543 e. The zero-order chi connectivity index (χ0) is 26.9. The number of nitrogen functional groups attached to an aromatic ring is 3. The first-order valence-corrected chi connectivity index (χ1v) is 13.7. The van der Waals surface area contributed by atoms with Crippen LogP contribution in [0.15, 0.2) is 33.2 Å². The summed E-state index contributed by atoms with van der Waals surface area (Å²) in [6.07, 6.45) is 2.32. The van der Waals surface area contributed by atoms with Crippen molar-refractivity contribution in [3.63, 3.8) is 0 Å². The molecule has 2 aromatic rings. The molecule has 0 bridgehead atoms. The Bertz CT molecular complexity index is 1330. The van der Waals surface area contributed by atoms with Crippen molar-refractivity contribution in [2.24, 2.45) is 5.16 Å². The SMILES string of the molecule is CCc1c[n+](N)c(SCC2=C(C(=O)[O-])N3C(=O)C(NC(=O)/C(=N\OC)c4csc(N)n4)[C@H]3SC2)nc1N. The van der Waals surface area contributed by atoms with Crippen LogP contribution in [-0.2, 0) is 25.6 Å². The molecule has 37 heavy (non-hydrogen) atoms. The summed E-state index contributed by atoms with van der Waals surface area (Å²) in [5, 5.41) is 19.8. The predicted molar refractivity (Wildman–Crippen MR) is 136 cm³/mol. The first-order chi connectivity index (χ1) is 17.7. The van der Waals surface area contributed by atoms with Crippen LogP contribution in [0.1, 0.15) is 18.2 Å². The van der Waals surface area contributed by atoms with Gasteiger partial charge >= 0.3 is 5.16 Å². The van der Waals surface area contributed by atoms with E-state index in [9.17, 15) is 19.5 Å². The third kappa shape index (κ3) is 5.14. The zero-order valence-corrected chi connectivity index (χ0v) is 22.1. The van der Waals surface area contributed by atoms with Crippen molar-refractivity contribution in [1.29, 1.82) is 0 Å². The quantitative estimate of drug-likeness (QED) is 0.0485. The summed E-state index contributed by atoms with van der Waals surface area (Å²) in [5.74, 6) is 4.02. The number of carboxylic acid groups (broad SMARTS) is 1. The van der Waals surface area contributed by atoms with Gasteiger partial charge in [0.2, 0.25) is 5.82 Å². The molecule has 14 nitrogen and oxygen atoms in total. The number of aromatic nitrogens is 3. The molecule has 17 heteroatoms. The third-order valence-electron chi connectivity index (χ3n) is 5.51. The summed E-state index contributed by atoms with van der Waals surface area (Å²) < 4.78 is 1.33. The van der Waals surface area contributed by atoms with Crippen LogP contribution in [0.2, 0.25) is 0 Å². The van der Waals surface area contributed by atoms with E-state index in [2.05, 4.69) is 20.4 Å². The van der Waals surface area contributed by atoms with E-state index in [-0.39, 0.29) is 33.7 Å². The van der Waals surface area contributed by atoms with Crippen molar-refractivity contribution in [3.05, 3.63) is 34.1 Å². The highest BCUT2D eigenvalue weighted by Gasteiger charge is 2.53. The Morgan fingerprint density at radius 3 is 2.78 bits per heavy atom. The maximum atomic E-state index is 13.0. The van der Waals surface area contributed by atoms with Crippen LogP contribution in [0.25, 0.3) is 0 Å². The molecule has 1 saturated heterocycles. The van der Waals surface area contributed by atoms with Crippen molar-refractivity contribution in [1.82, 2.24) is 20.2 Å². The van der Waals surface area contributed by atoms with E-state index in [1.807, 2.05) is 6.92 Å². The van der Waals surface area contributed by atoms with E-state index in [4.69, 9.17) is 22.1 Å². The highest BCUT2D eigenvalue weighted by atomic mass is 32.2. The van der Waals surface area contributed by atoms with Gasteiger partial charge in [-0.2, -0.15) is 0 Å². The number of thioether (sulfide) groups is 2. The maximum Gasteiger partial charge on any atom is 0.384 e. The monoisotopic (exact) mass is 565 g/mol. The Morgan fingerprint density at radius 2 is 2.16 bits per heavy atom. The number of aliphatic carboxylic acids is 1.